The molecule has 2 aromatic rings. The van der Waals surface area contributed by atoms with Crippen LogP contribution in [-0.4, -0.2) is 70.9 Å². The van der Waals surface area contributed by atoms with Crippen LogP contribution in [0, 0.1) is 11.8 Å². The first-order valence-corrected chi connectivity index (χ1v) is 8.89. The van der Waals surface area contributed by atoms with Gasteiger partial charge in [-0.25, -0.2) is 9.97 Å². The van der Waals surface area contributed by atoms with Gasteiger partial charge in [0.25, 0.3) is 11.8 Å². The monoisotopic (exact) mass is 361 g/mol. The van der Waals surface area contributed by atoms with Gasteiger partial charge in [0.05, 0.1) is 24.2 Å². The molecule has 0 bridgehead atoms. The van der Waals surface area contributed by atoms with Gasteiger partial charge in [-0.1, -0.05) is 24.0 Å². The minimum Gasteiger partial charge on any atom is -0.338 e. The third-order valence-electron chi connectivity index (χ3n) is 4.75. The Bertz CT molecular complexity index is 876. The quantitative estimate of drug-likeness (QED) is 0.598. The van der Waals surface area contributed by atoms with Gasteiger partial charge in [0.1, 0.15) is 0 Å². The fraction of sp³-hybridized carbons (Fsp3) is 0.300. The molecule has 0 N–H and O–H groups in total. The van der Waals surface area contributed by atoms with Gasteiger partial charge >= 0.3 is 0 Å². The zero-order valence-corrected chi connectivity index (χ0v) is 14.8. The Hall–Kier alpha value is -3.24. The zero-order valence-electron chi connectivity index (χ0n) is 14.8. The van der Waals surface area contributed by atoms with Crippen molar-refractivity contribution in [3.8, 4) is 11.8 Å². The van der Waals surface area contributed by atoms with Crippen molar-refractivity contribution < 1.29 is 9.59 Å². The molecule has 0 saturated carbocycles. The van der Waals surface area contributed by atoms with Crippen LogP contribution in [0.25, 0.3) is 0 Å². The van der Waals surface area contributed by atoms with E-state index in [9.17, 15) is 9.59 Å². The molecule has 0 atom stereocenters. The molecule has 0 radical (unpaired) electrons. The molecule has 1 fully saturated rings. The van der Waals surface area contributed by atoms with Crippen molar-refractivity contribution in [2.45, 2.75) is 0 Å². The smallest absolute Gasteiger partial charge is 0.262 e. The van der Waals surface area contributed by atoms with Crippen molar-refractivity contribution in [1.82, 2.24) is 19.8 Å². The molecule has 2 aliphatic rings. The Morgan fingerprint density at radius 1 is 0.815 bits per heavy atom. The van der Waals surface area contributed by atoms with Gasteiger partial charge in [0.15, 0.2) is 0 Å². The molecule has 3 heterocycles. The topological polar surface area (TPSA) is 69.6 Å². The molecule has 1 aromatic carbocycles. The summed E-state index contributed by atoms with van der Waals surface area (Å²) >= 11 is 0. The summed E-state index contributed by atoms with van der Waals surface area (Å²) in [7, 11) is 0. The number of amides is 2. The highest BCUT2D eigenvalue weighted by Crippen LogP contribution is 2.21. The molecule has 7 nitrogen and oxygen atoms in total. The van der Waals surface area contributed by atoms with Gasteiger partial charge in [-0.2, -0.15) is 0 Å². The number of hydrogen-bond donors (Lipinski definition) is 0. The van der Waals surface area contributed by atoms with Crippen molar-refractivity contribution in [2.75, 3.05) is 44.2 Å². The fourth-order valence-corrected chi connectivity index (χ4v) is 3.25. The Morgan fingerprint density at radius 2 is 1.41 bits per heavy atom. The summed E-state index contributed by atoms with van der Waals surface area (Å²) in [5.74, 6) is 6.29. The van der Waals surface area contributed by atoms with Crippen LogP contribution in [-0.2, 0) is 0 Å². The van der Waals surface area contributed by atoms with E-state index < -0.39 is 0 Å². The van der Waals surface area contributed by atoms with Crippen LogP contribution in [0.4, 0.5) is 5.95 Å². The highest BCUT2D eigenvalue weighted by Gasteiger charge is 2.34. The van der Waals surface area contributed by atoms with Gasteiger partial charge in [0.2, 0.25) is 5.95 Å². The largest absolute Gasteiger partial charge is 0.338 e. The van der Waals surface area contributed by atoms with Crippen LogP contribution < -0.4 is 4.90 Å². The van der Waals surface area contributed by atoms with Crippen molar-refractivity contribution in [3.05, 3.63) is 53.9 Å². The van der Waals surface area contributed by atoms with Gasteiger partial charge in [-0.3, -0.25) is 19.4 Å². The molecule has 27 heavy (non-hydrogen) atoms. The summed E-state index contributed by atoms with van der Waals surface area (Å²) in [6.07, 6.45) is 3.50. The number of piperazine rings is 1. The average molecular weight is 361 g/mol. The maximum Gasteiger partial charge on any atom is 0.262 e. The minimum atomic E-state index is -0.263. The maximum absolute atomic E-state index is 12.3. The van der Waals surface area contributed by atoms with Gasteiger partial charge < -0.3 is 4.90 Å². The van der Waals surface area contributed by atoms with Crippen molar-refractivity contribution in [3.63, 3.8) is 0 Å². The van der Waals surface area contributed by atoms with E-state index in [1.54, 1.807) is 36.7 Å². The van der Waals surface area contributed by atoms with E-state index in [-0.39, 0.29) is 18.4 Å². The summed E-state index contributed by atoms with van der Waals surface area (Å²) < 4.78 is 0. The van der Waals surface area contributed by atoms with Crippen LogP contribution in [0.15, 0.2) is 42.7 Å². The molecular formula is C20H19N5O2. The molecule has 1 aromatic heterocycles. The molecule has 4 rings (SSSR count). The lowest BCUT2D eigenvalue weighted by molar-refractivity contribution is 0.0675. The molecule has 0 unspecified atom stereocenters. The van der Waals surface area contributed by atoms with Crippen molar-refractivity contribution >= 4 is 17.8 Å². The predicted molar refractivity (Wildman–Crippen MR) is 100 cm³/mol. The second-order valence-corrected chi connectivity index (χ2v) is 6.41. The van der Waals surface area contributed by atoms with Gasteiger partial charge in [-0.15, -0.1) is 0 Å². The van der Waals surface area contributed by atoms with Crippen LogP contribution >= 0.6 is 0 Å². The Kier molecular flexibility index (Phi) is 4.81. The third-order valence-corrected chi connectivity index (χ3v) is 4.75. The van der Waals surface area contributed by atoms with E-state index in [2.05, 4.69) is 31.6 Å². The molecular weight excluding hydrogens is 342 g/mol. The van der Waals surface area contributed by atoms with Crippen LogP contribution in [0.2, 0.25) is 0 Å². The Labute approximate surface area is 157 Å². The Morgan fingerprint density at radius 3 is 2.04 bits per heavy atom. The number of rotatable bonds is 3. The molecule has 136 valence electrons. The number of anilines is 1. The first kappa shape index (κ1) is 17.2. The zero-order chi connectivity index (χ0) is 18.6. The number of hydrogen-bond acceptors (Lipinski definition) is 6. The summed E-state index contributed by atoms with van der Waals surface area (Å²) in [5, 5.41) is 0. The van der Waals surface area contributed by atoms with E-state index in [1.165, 1.54) is 4.90 Å². The van der Waals surface area contributed by atoms with Gasteiger partial charge in [-0.05, 0) is 18.2 Å². The molecule has 0 spiro atoms. The number of carbonyl (C=O) groups excluding carboxylic acids is 2. The highest BCUT2D eigenvalue weighted by molar-refractivity contribution is 6.21. The lowest BCUT2D eigenvalue weighted by Crippen LogP contribution is -2.47. The van der Waals surface area contributed by atoms with Crippen LogP contribution in [0.5, 0.6) is 0 Å². The number of imide groups is 1. The van der Waals surface area contributed by atoms with Gasteiger partial charge in [0, 0.05) is 38.6 Å². The molecule has 1 saturated heterocycles. The van der Waals surface area contributed by atoms with E-state index >= 15 is 0 Å². The lowest BCUT2D eigenvalue weighted by atomic mass is 10.1. The molecule has 7 heteroatoms. The number of aromatic nitrogens is 2. The summed E-state index contributed by atoms with van der Waals surface area (Å²) in [6.45, 7) is 4.20. The first-order valence-electron chi connectivity index (χ1n) is 8.89. The summed E-state index contributed by atoms with van der Waals surface area (Å²) in [4.78, 5) is 38.7. The summed E-state index contributed by atoms with van der Waals surface area (Å²) in [6, 6.07) is 8.69. The fourth-order valence-electron chi connectivity index (χ4n) is 3.25. The molecule has 2 aliphatic heterocycles. The number of benzene rings is 1. The van der Waals surface area contributed by atoms with Crippen molar-refractivity contribution in [2.24, 2.45) is 0 Å². The first-order chi connectivity index (χ1) is 13.2. The standard InChI is InChI=1S/C20H19N5O2/c26-18-16-6-1-2-7-17(16)19(27)25(18)11-4-3-10-23-12-14-24(15-13-23)20-21-8-5-9-22-20/h1-2,5-9H,10-15H2. The number of nitrogens with zero attached hydrogens (tertiary/aromatic N) is 5. The Balaban J connectivity index is 1.27. The van der Waals surface area contributed by atoms with E-state index in [1.807, 2.05) is 6.07 Å². The number of carbonyl (C=O) groups is 2. The molecule has 2 amide bonds. The second kappa shape index (κ2) is 7.56. The number of fused-ring (bicyclic) bond motifs is 1. The van der Waals surface area contributed by atoms with Crippen LogP contribution in [0.1, 0.15) is 20.7 Å². The van der Waals surface area contributed by atoms with Crippen molar-refractivity contribution in [1.29, 1.82) is 0 Å². The SMILES string of the molecule is O=C1c2ccccc2C(=O)N1CC#CCN1CCN(c2ncccn2)CC1. The third kappa shape index (κ3) is 3.52. The minimum absolute atomic E-state index is 0.129. The van der Waals surface area contributed by atoms with Crippen LogP contribution in [0.3, 0.4) is 0 Å². The molecule has 0 aliphatic carbocycles. The lowest BCUT2D eigenvalue weighted by Gasteiger charge is -2.33. The highest BCUT2D eigenvalue weighted by atomic mass is 16.2. The van der Waals surface area contributed by atoms with E-state index in [0.717, 1.165) is 32.1 Å². The van der Waals surface area contributed by atoms with E-state index in [0.29, 0.717) is 17.7 Å². The average Bonchev–Trinajstić information content (AvgIpc) is 2.97. The second-order valence-electron chi connectivity index (χ2n) is 6.41. The predicted octanol–water partition coefficient (Wildman–Crippen LogP) is 0.898. The normalized spacial score (nSPS) is 16.9. The maximum atomic E-state index is 12.3. The van der Waals surface area contributed by atoms with E-state index in [4.69, 9.17) is 0 Å². The summed E-state index contributed by atoms with van der Waals surface area (Å²) in [5.41, 5.74) is 0.923.